The summed E-state index contributed by atoms with van der Waals surface area (Å²) in [6.45, 7) is 3.82. The number of carbonyl (C=O) groups excluding carboxylic acids is 1. The summed E-state index contributed by atoms with van der Waals surface area (Å²) in [7, 11) is 0. The maximum atomic E-state index is 12.4. The molecule has 0 unspecified atom stereocenters. The van der Waals surface area contributed by atoms with Gasteiger partial charge in [-0.25, -0.2) is 9.97 Å². The van der Waals surface area contributed by atoms with Crippen molar-refractivity contribution in [2.24, 2.45) is 17.8 Å². The van der Waals surface area contributed by atoms with Gasteiger partial charge in [-0.1, -0.05) is 0 Å². The number of amides is 1. The van der Waals surface area contributed by atoms with E-state index in [-0.39, 0.29) is 23.8 Å². The van der Waals surface area contributed by atoms with E-state index in [2.05, 4.69) is 15.3 Å². The van der Waals surface area contributed by atoms with Gasteiger partial charge in [0, 0.05) is 11.6 Å². The third kappa shape index (κ3) is 2.62. The highest BCUT2D eigenvalue weighted by molar-refractivity contribution is 5.97. The van der Waals surface area contributed by atoms with Crippen molar-refractivity contribution in [3.8, 4) is 0 Å². The largest absolute Gasteiger partial charge is 0.481 e. The SMILES string of the molecule is Cc1nc2ccc(C(=O)N[C@@H]3C[C@@H]3[C@@H]3C[C@@H]3C(=O)O)cc2nc1C. The Labute approximate surface area is 139 Å². The van der Waals surface area contributed by atoms with E-state index in [0.717, 1.165) is 29.7 Å². The number of aliphatic carboxylic acids is 1. The van der Waals surface area contributed by atoms with Gasteiger partial charge in [-0.05, 0) is 56.7 Å². The summed E-state index contributed by atoms with van der Waals surface area (Å²) in [4.78, 5) is 32.3. The standard InChI is InChI=1S/C18H19N3O3/c1-8-9(2)20-16-5-10(3-4-14(16)19-8)17(22)21-15-7-12(15)11-6-13(11)18(23)24/h3-5,11-13,15H,6-7H2,1-2H3,(H,21,22)(H,23,24)/t11-,12+,13-,15+/m0/s1. The molecule has 24 heavy (non-hydrogen) atoms. The van der Waals surface area contributed by atoms with E-state index >= 15 is 0 Å². The Hall–Kier alpha value is -2.50. The van der Waals surface area contributed by atoms with Crippen LogP contribution in [0.4, 0.5) is 0 Å². The summed E-state index contributed by atoms with van der Waals surface area (Å²) in [5.41, 5.74) is 3.80. The van der Waals surface area contributed by atoms with Crippen LogP contribution < -0.4 is 5.32 Å². The zero-order chi connectivity index (χ0) is 17.0. The van der Waals surface area contributed by atoms with Crippen molar-refractivity contribution in [3.05, 3.63) is 35.2 Å². The van der Waals surface area contributed by atoms with E-state index in [1.807, 2.05) is 19.9 Å². The molecule has 1 aromatic carbocycles. The third-order valence-corrected chi connectivity index (χ3v) is 5.20. The molecule has 6 heteroatoms. The molecule has 0 spiro atoms. The van der Waals surface area contributed by atoms with E-state index in [4.69, 9.17) is 5.11 Å². The van der Waals surface area contributed by atoms with Crippen molar-refractivity contribution in [1.82, 2.24) is 15.3 Å². The molecule has 4 atom stereocenters. The van der Waals surface area contributed by atoms with Crippen molar-refractivity contribution in [3.63, 3.8) is 0 Å². The monoisotopic (exact) mass is 325 g/mol. The second-order valence-corrected chi connectivity index (χ2v) is 6.92. The molecule has 124 valence electrons. The van der Waals surface area contributed by atoms with Crippen LogP contribution in [-0.4, -0.2) is 33.0 Å². The number of hydrogen-bond acceptors (Lipinski definition) is 4. The molecule has 0 aliphatic heterocycles. The van der Waals surface area contributed by atoms with Crippen LogP contribution in [0.15, 0.2) is 18.2 Å². The first-order valence-electron chi connectivity index (χ1n) is 8.22. The van der Waals surface area contributed by atoms with Crippen LogP contribution in [0.3, 0.4) is 0 Å². The number of aryl methyl sites for hydroxylation is 2. The number of nitrogens with zero attached hydrogens (tertiary/aromatic N) is 2. The van der Waals surface area contributed by atoms with Gasteiger partial charge in [0.1, 0.15) is 0 Å². The Morgan fingerprint density at radius 2 is 1.79 bits per heavy atom. The van der Waals surface area contributed by atoms with Gasteiger partial charge >= 0.3 is 5.97 Å². The number of fused-ring (bicyclic) bond motifs is 1. The number of aromatic nitrogens is 2. The van der Waals surface area contributed by atoms with Crippen LogP contribution in [0.1, 0.15) is 34.6 Å². The molecule has 4 rings (SSSR count). The number of rotatable bonds is 4. The summed E-state index contributed by atoms with van der Waals surface area (Å²) < 4.78 is 0. The average molecular weight is 325 g/mol. The molecule has 6 nitrogen and oxygen atoms in total. The molecule has 2 saturated carbocycles. The Kier molecular flexibility index (Phi) is 3.30. The van der Waals surface area contributed by atoms with Gasteiger partial charge in [-0.2, -0.15) is 0 Å². The second-order valence-electron chi connectivity index (χ2n) is 6.92. The smallest absolute Gasteiger partial charge is 0.306 e. The normalized spacial score (nSPS) is 27.8. The molecule has 0 radical (unpaired) electrons. The van der Waals surface area contributed by atoms with Crippen LogP contribution in [0.5, 0.6) is 0 Å². The highest BCUT2D eigenvalue weighted by atomic mass is 16.4. The molecule has 2 aliphatic carbocycles. The minimum atomic E-state index is -0.712. The van der Waals surface area contributed by atoms with Crippen LogP contribution >= 0.6 is 0 Å². The molecular formula is C18H19N3O3. The summed E-state index contributed by atoms with van der Waals surface area (Å²) in [5.74, 6) is -0.493. The molecule has 2 fully saturated rings. The molecule has 0 saturated heterocycles. The van der Waals surface area contributed by atoms with Crippen LogP contribution in [0.25, 0.3) is 11.0 Å². The van der Waals surface area contributed by atoms with E-state index in [9.17, 15) is 9.59 Å². The Morgan fingerprint density at radius 1 is 1.08 bits per heavy atom. The topological polar surface area (TPSA) is 92.2 Å². The minimum absolute atomic E-state index is 0.105. The predicted octanol–water partition coefficient (Wildman–Crippen LogP) is 2.09. The molecule has 1 aromatic heterocycles. The lowest BCUT2D eigenvalue weighted by atomic mass is 10.1. The molecule has 2 N–H and O–H groups in total. The van der Waals surface area contributed by atoms with Gasteiger partial charge in [0.05, 0.1) is 28.3 Å². The molecule has 0 bridgehead atoms. The van der Waals surface area contributed by atoms with Gasteiger partial charge in [-0.15, -0.1) is 0 Å². The fourth-order valence-corrected chi connectivity index (χ4v) is 3.45. The quantitative estimate of drug-likeness (QED) is 0.898. The van der Waals surface area contributed by atoms with Crippen LogP contribution in [0.2, 0.25) is 0 Å². The highest BCUT2D eigenvalue weighted by Gasteiger charge is 2.56. The first kappa shape index (κ1) is 15.1. The fraction of sp³-hybridized carbons (Fsp3) is 0.444. The maximum Gasteiger partial charge on any atom is 0.306 e. The van der Waals surface area contributed by atoms with Crippen molar-refractivity contribution in [1.29, 1.82) is 0 Å². The van der Waals surface area contributed by atoms with E-state index in [1.165, 1.54) is 0 Å². The van der Waals surface area contributed by atoms with Gasteiger partial charge in [0.25, 0.3) is 5.91 Å². The fourth-order valence-electron chi connectivity index (χ4n) is 3.45. The van der Waals surface area contributed by atoms with Gasteiger partial charge < -0.3 is 10.4 Å². The Bertz CT molecular complexity index is 864. The predicted molar refractivity (Wildman–Crippen MR) is 87.6 cm³/mol. The number of hydrogen-bond donors (Lipinski definition) is 2. The zero-order valence-electron chi connectivity index (χ0n) is 13.6. The lowest BCUT2D eigenvalue weighted by Gasteiger charge is -2.07. The van der Waals surface area contributed by atoms with E-state index in [1.54, 1.807) is 12.1 Å². The summed E-state index contributed by atoms with van der Waals surface area (Å²) in [6.07, 6.45) is 1.63. The number of carbonyl (C=O) groups is 2. The summed E-state index contributed by atoms with van der Waals surface area (Å²) >= 11 is 0. The van der Waals surface area contributed by atoms with Crippen molar-refractivity contribution >= 4 is 22.9 Å². The number of carboxylic acids is 1. The first-order chi connectivity index (χ1) is 11.4. The summed E-state index contributed by atoms with van der Waals surface area (Å²) in [6, 6.07) is 5.44. The number of nitrogens with one attached hydrogen (secondary N) is 1. The minimum Gasteiger partial charge on any atom is -0.481 e. The van der Waals surface area contributed by atoms with E-state index in [0.29, 0.717) is 17.0 Å². The second kappa shape index (κ2) is 5.26. The number of carboxylic acid groups (broad SMARTS) is 1. The van der Waals surface area contributed by atoms with Crippen molar-refractivity contribution in [2.75, 3.05) is 0 Å². The third-order valence-electron chi connectivity index (χ3n) is 5.20. The number of benzene rings is 1. The maximum absolute atomic E-state index is 12.4. The highest BCUT2D eigenvalue weighted by Crippen LogP contribution is 2.54. The lowest BCUT2D eigenvalue weighted by Crippen LogP contribution is -2.27. The average Bonchev–Trinajstić information content (AvgIpc) is 3.41. The van der Waals surface area contributed by atoms with E-state index < -0.39 is 5.97 Å². The van der Waals surface area contributed by atoms with Gasteiger partial charge in [0.15, 0.2) is 0 Å². The molecule has 2 aromatic rings. The molecule has 1 amide bonds. The lowest BCUT2D eigenvalue weighted by molar-refractivity contribution is -0.138. The first-order valence-corrected chi connectivity index (χ1v) is 8.22. The van der Waals surface area contributed by atoms with Crippen LogP contribution in [0, 0.1) is 31.6 Å². The van der Waals surface area contributed by atoms with Gasteiger partial charge in [0.2, 0.25) is 0 Å². The van der Waals surface area contributed by atoms with Gasteiger partial charge in [-0.3, -0.25) is 9.59 Å². The Balaban J connectivity index is 1.45. The summed E-state index contributed by atoms with van der Waals surface area (Å²) in [5, 5.41) is 12.0. The Morgan fingerprint density at radius 3 is 2.46 bits per heavy atom. The van der Waals surface area contributed by atoms with Crippen molar-refractivity contribution in [2.45, 2.75) is 32.7 Å². The zero-order valence-corrected chi connectivity index (χ0v) is 13.6. The van der Waals surface area contributed by atoms with Crippen LogP contribution in [-0.2, 0) is 4.79 Å². The molecule has 2 aliphatic rings. The molecular weight excluding hydrogens is 306 g/mol. The molecule has 1 heterocycles. The van der Waals surface area contributed by atoms with Crippen molar-refractivity contribution < 1.29 is 14.7 Å².